The monoisotopic (exact) mass is 412 g/mol. The van der Waals surface area contributed by atoms with Crippen molar-refractivity contribution in [2.75, 3.05) is 11.9 Å². The smallest absolute Gasteiger partial charge is 0.336 e. The van der Waals surface area contributed by atoms with Crippen LogP contribution in [-0.4, -0.2) is 32.7 Å². The minimum absolute atomic E-state index is 0.245. The van der Waals surface area contributed by atoms with Crippen LogP contribution in [0.15, 0.2) is 48.5 Å². The lowest BCUT2D eigenvalue weighted by Gasteiger charge is -2.10. The molecule has 3 rings (SSSR count). The molecule has 1 atom stereocenters. The predicted octanol–water partition coefficient (Wildman–Crippen LogP) is 4.84. The third kappa shape index (κ3) is 5.15. The summed E-state index contributed by atoms with van der Waals surface area (Å²) in [6, 6.07) is 15.7. The first-order valence-corrected chi connectivity index (χ1v) is 10.00. The van der Waals surface area contributed by atoms with E-state index < -0.39 is 5.38 Å². The average molecular weight is 413 g/mol. The summed E-state index contributed by atoms with van der Waals surface area (Å²) in [7, 11) is 0. The van der Waals surface area contributed by atoms with Crippen LogP contribution in [0.25, 0.3) is 17.1 Å². The maximum Gasteiger partial charge on any atom is 0.336 e. The molecule has 1 N–H and O–H groups in total. The number of carbonyl (C=O) groups excluding carboxylic acids is 1. The van der Waals surface area contributed by atoms with Gasteiger partial charge >= 0.3 is 6.01 Å². The van der Waals surface area contributed by atoms with E-state index in [9.17, 15) is 4.79 Å². The summed E-state index contributed by atoms with van der Waals surface area (Å²) in [4.78, 5) is 16.4. The van der Waals surface area contributed by atoms with Crippen molar-refractivity contribution in [3.05, 3.63) is 54.1 Å². The van der Waals surface area contributed by atoms with Gasteiger partial charge in [-0.2, -0.15) is 4.98 Å². The Bertz CT molecular complexity index is 981. The number of amides is 1. The Hall–Kier alpha value is -2.86. The number of hydrogen-bond acceptors (Lipinski definition) is 4. The second-order valence-corrected chi connectivity index (χ2v) is 7.96. The molecule has 0 aliphatic heterocycles. The molecule has 0 bridgehead atoms. The molecule has 0 fully saturated rings. The summed E-state index contributed by atoms with van der Waals surface area (Å²) < 4.78 is 7.52. The number of halogens is 1. The Morgan fingerprint density at radius 2 is 1.83 bits per heavy atom. The molecule has 6 nitrogen and oxygen atoms in total. The van der Waals surface area contributed by atoms with Gasteiger partial charge in [0.1, 0.15) is 5.38 Å². The molecule has 1 aromatic heterocycles. The molecule has 0 aliphatic carbocycles. The molecule has 1 amide bonds. The molecule has 0 aliphatic rings. The van der Waals surface area contributed by atoms with Crippen LogP contribution in [-0.2, 0) is 4.79 Å². The number of anilines is 1. The van der Waals surface area contributed by atoms with Gasteiger partial charge in [-0.1, -0.05) is 38.1 Å². The van der Waals surface area contributed by atoms with Crippen LogP contribution < -0.4 is 10.1 Å². The molecule has 0 spiro atoms. The number of hydrogen-bond donors (Lipinski definition) is 1. The first-order valence-electron chi connectivity index (χ1n) is 9.56. The van der Waals surface area contributed by atoms with E-state index in [0.29, 0.717) is 30.0 Å². The summed E-state index contributed by atoms with van der Waals surface area (Å²) in [5, 5.41) is 6.74. The second-order valence-electron chi connectivity index (χ2n) is 7.30. The molecule has 0 saturated heterocycles. The molecule has 29 heavy (non-hydrogen) atoms. The van der Waals surface area contributed by atoms with Gasteiger partial charge in [-0.3, -0.25) is 4.79 Å². The van der Waals surface area contributed by atoms with Crippen LogP contribution in [0.4, 0.5) is 5.69 Å². The maximum atomic E-state index is 11.8. The van der Waals surface area contributed by atoms with E-state index in [1.54, 1.807) is 11.6 Å². The minimum Gasteiger partial charge on any atom is -0.462 e. The van der Waals surface area contributed by atoms with Crippen LogP contribution in [0.3, 0.4) is 0 Å². The molecule has 0 saturated carbocycles. The number of ether oxygens (including phenoxy) is 1. The number of benzene rings is 2. The quantitative estimate of drug-likeness (QED) is 0.563. The lowest BCUT2D eigenvalue weighted by atomic mass is 10.1. The Balaban J connectivity index is 1.96. The summed E-state index contributed by atoms with van der Waals surface area (Å²) in [6.45, 7) is 8.36. The fourth-order valence-electron chi connectivity index (χ4n) is 2.70. The van der Waals surface area contributed by atoms with Crippen LogP contribution in [0.2, 0.25) is 0 Å². The second kappa shape index (κ2) is 9.09. The van der Waals surface area contributed by atoms with Gasteiger partial charge in [-0.25, -0.2) is 4.68 Å². The van der Waals surface area contributed by atoms with Crippen molar-refractivity contribution in [2.24, 2.45) is 5.92 Å². The highest BCUT2D eigenvalue weighted by Gasteiger charge is 2.17. The summed E-state index contributed by atoms with van der Waals surface area (Å²) >= 11 is 5.82. The lowest BCUT2D eigenvalue weighted by molar-refractivity contribution is -0.115. The van der Waals surface area contributed by atoms with Gasteiger partial charge in [-0.05, 0) is 49.6 Å². The largest absolute Gasteiger partial charge is 0.462 e. The highest BCUT2D eigenvalue weighted by atomic mass is 35.5. The third-order valence-corrected chi connectivity index (χ3v) is 4.46. The zero-order valence-electron chi connectivity index (χ0n) is 17.0. The molecular formula is C22H25ClN4O2. The molecular weight excluding hydrogens is 388 g/mol. The van der Waals surface area contributed by atoms with E-state index in [2.05, 4.69) is 29.2 Å². The molecule has 3 aromatic rings. The van der Waals surface area contributed by atoms with E-state index in [-0.39, 0.29) is 5.91 Å². The van der Waals surface area contributed by atoms with Crippen LogP contribution in [0.5, 0.6) is 6.01 Å². The highest BCUT2D eigenvalue weighted by Crippen LogP contribution is 2.27. The van der Waals surface area contributed by atoms with Crippen LogP contribution in [0.1, 0.15) is 26.3 Å². The minimum atomic E-state index is -0.599. The van der Waals surface area contributed by atoms with Gasteiger partial charge < -0.3 is 10.1 Å². The van der Waals surface area contributed by atoms with Crippen molar-refractivity contribution >= 4 is 23.2 Å². The van der Waals surface area contributed by atoms with Crippen LogP contribution in [0, 0.1) is 12.8 Å². The van der Waals surface area contributed by atoms with Gasteiger partial charge in [0.25, 0.3) is 0 Å². The number of rotatable bonds is 7. The third-order valence-electron chi connectivity index (χ3n) is 4.26. The zero-order chi connectivity index (χ0) is 21.0. The van der Waals surface area contributed by atoms with Crippen molar-refractivity contribution < 1.29 is 9.53 Å². The van der Waals surface area contributed by atoms with Crippen molar-refractivity contribution in [1.29, 1.82) is 0 Å². The number of alkyl halides is 1. The summed E-state index contributed by atoms with van der Waals surface area (Å²) in [6.07, 6.45) is 0. The Morgan fingerprint density at radius 1 is 1.14 bits per heavy atom. The van der Waals surface area contributed by atoms with E-state index in [4.69, 9.17) is 16.3 Å². The topological polar surface area (TPSA) is 69.0 Å². The Kier molecular flexibility index (Phi) is 6.54. The van der Waals surface area contributed by atoms with Crippen LogP contribution >= 0.6 is 11.6 Å². The zero-order valence-corrected chi connectivity index (χ0v) is 17.8. The molecule has 1 heterocycles. The molecule has 0 unspecified atom stereocenters. The fourth-order valence-corrected chi connectivity index (χ4v) is 2.76. The standard InChI is InChI=1S/C22H25ClN4O2/c1-14(2)13-29-22-25-20(19-8-6-5-7-15(19)3)27(26-22)18-11-9-17(10-12-18)24-21(28)16(4)23/h5-12,14,16H,13H2,1-4H3,(H,24,28)/t16-/m0/s1. The first-order chi connectivity index (χ1) is 13.8. The van der Waals surface area contributed by atoms with Crippen molar-refractivity contribution in [2.45, 2.75) is 33.1 Å². The number of aromatic nitrogens is 3. The van der Waals surface area contributed by atoms with Crippen molar-refractivity contribution in [1.82, 2.24) is 14.8 Å². The van der Waals surface area contributed by atoms with Gasteiger partial charge in [0.05, 0.1) is 12.3 Å². The Labute approximate surface area is 175 Å². The van der Waals surface area contributed by atoms with Gasteiger partial charge in [0, 0.05) is 11.3 Å². The number of nitrogens with zero attached hydrogens (tertiary/aromatic N) is 3. The SMILES string of the molecule is Cc1ccccc1-c1nc(OCC(C)C)nn1-c1ccc(NC(=O)[C@H](C)Cl)cc1. The van der Waals surface area contributed by atoms with Gasteiger partial charge in [0.2, 0.25) is 5.91 Å². The predicted molar refractivity (Wildman–Crippen MR) is 116 cm³/mol. The van der Waals surface area contributed by atoms with E-state index >= 15 is 0 Å². The number of carbonyl (C=O) groups is 1. The van der Waals surface area contributed by atoms with E-state index in [0.717, 1.165) is 16.8 Å². The van der Waals surface area contributed by atoms with Gasteiger partial charge in [-0.15, -0.1) is 16.7 Å². The van der Waals surface area contributed by atoms with Crippen molar-refractivity contribution in [3.63, 3.8) is 0 Å². The molecule has 152 valence electrons. The number of nitrogens with one attached hydrogen (secondary N) is 1. The van der Waals surface area contributed by atoms with E-state index in [1.165, 1.54) is 0 Å². The lowest BCUT2D eigenvalue weighted by Crippen LogP contribution is -2.20. The maximum absolute atomic E-state index is 11.8. The van der Waals surface area contributed by atoms with Crippen molar-refractivity contribution in [3.8, 4) is 23.1 Å². The summed E-state index contributed by atoms with van der Waals surface area (Å²) in [5.41, 5.74) is 3.55. The van der Waals surface area contributed by atoms with Gasteiger partial charge in [0.15, 0.2) is 5.82 Å². The molecule has 2 aromatic carbocycles. The Morgan fingerprint density at radius 3 is 2.45 bits per heavy atom. The first kappa shape index (κ1) is 20.9. The molecule has 7 heteroatoms. The highest BCUT2D eigenvalue weighted by molar-refractivity contribution is 6.32. The average Bonchev–Trinajstić information content (AvgIpc) is 3.11. The summed E-state index contributed by atoms with van der Waals surface area (Å²) in [5.74, 6) is 0.828. The van der Waals surface area contributed by atoms with E-state index in [1.807, 2.05) is 55.5 Å². The molecule has 0 radical (unpaired) electrons. The fraction of sp³-hybridized carbons (Fsp3) is 0.318. The number of aryl methyl sites for hydroxylation is 1. The normalized spacial score (nSPS) is 12.1.